The number of aromatic nitrogens is 2. The van der Waals surface area contributed by atoms with E-state index in [4.69, 9.17) is 9.26 Å². The van der Waals surface area contributed by atoms with Crippen molar-refractivity contribution >= 4 is 0 Å². The third kappa shape index (κ3) is 1.97. The van der Waals surface area contributed by atoms with Gasteiger partial charge < -0.3 is 14.6 Å². The third-order valence-corrected chi connectivity index (χ3v) is 3.39. The lowest BCUT2D eigenvalue weighted by molar-refractivity contribution is 0.0208. The van der Waals surface area contributed by atoms with Gasteiger partial charge in [-0.3, -0.25) is 0 Å². The van der Waals surface area contributed by atoms with E-state index < -0.39 is 0 Å². The van der Waals surface area contributed by atoms with Gasteiger partial charge >= 0.3 is 0 Å². The van der Waals surface area contributed by atoms with Crippen molar-refractivity contribution in [1.29, 1.82) is 0 Å². The third-order valence-electron chi connectivity index (χ3n) is 3.39. The number of ether oxygens (including phenoxy) is 1. The van der Waals surface area contributed by atoms with Crippen molar-refractivity contribution in [2.24, 2.45) is 5.92 Å². The molecular formula is C11H17N3O2. The van der Waals surface area contributed by atoms with Gasteiger partial charge in [0.25, 0.3) is 0 Å². The van der Waals surface area contributed by atoms with E-state index >= 15 is 0 Å². The summed E-state index contributed by atoms with van der Waals surface area (Å²) in [6, 6.07) is 0. The second-order valence-corrected chi connectivity index (χ2v) is 4.68. The standard InChI is InChI=1S/C11H17N3O2/c1-7(8-2-3-8)11-13-10(14-16-11)9-6-12-4-5-15-9/h7-9,12H,2-6H2,1H3. The molecule has 88 valence electrons. The molecule has 0 spiro atoms. The first-order valence-corrected chi connectivity index (χ1v) is 6.00. The zero-order valence-electron chi connectivity index (χ0n) is 9.48. The van der Waals surface area contributed by atoms with E-state index in [1.807, 2.05) is 0 Å². The van der Waals surface area contributed by atoms with Crippen LogP contribution >= 0.6 is 0 Å². The molecule has 1 aromatic rings. The van der Waals surface area contributed by atoms with Gasteiger partial charge in [-0.25, -0.2) is 0 Å². The second-order valence-electron chi connectivity index (χ2n) is 4.68. The summed E-state index contributed by atoms with van der Waals surface area (Å²) < 4.78 is 10.9. The van der Waals surface area contributed by atoms with Crippen molar-refractivity contribution in [2.45, 2.75) is 31.8 Å². The van der Waals surface area contributed by atoms with E-state index in [2.05, 4.69) is 22.4 Å². The average molecular weight is 223 g/mol. The van der Waals surface area contributed by atoms with E-state index in [9.17, 15) is 0 Å². The van der Waals surface area contributed by atoms with Crippen LogP contribution in [0.2, 0.25) is 0 Å². The van der Waals surface area contributed by atoms with Crippen LogP contribution in [0.3, 0.4) is 0 Å². The monoisotopic (exact) mass is 223 g/mol. The summed E-state index contributed by atoms with van der Waals surface area (Å²) >= 11 is 0. The fraction of sp³-hybridized carbons (Fsp3) is 0.818. The molecule has 5 heteroatoms. The van der Waals surface area contributed by atoms with Gasteiger partial charge in [0.1, 0.15) is 6.10 Å². The Labute approximate surface area is 94.6 Å². The molecule has 3 rings (SSSR count). The lowest BCUT2D eigenvalue weighted by Crippen LogP contribution is -2.33. The summed E-state index contributed by atoms with van der Waals surface area (Å²) in [6.45, 7) is 4.55. The number of hydrogen-bond acceptors (Lipinski definition) is 5. The summed E-state index contributed by atoms with van der Waals surface area (Å²) in [5.41, 5.74) is 0. The van der Waals surface area contributed by atoms with Gasteiger partial charge in [0.15, 0.2) is 0 Å². The average Bonchev–Trinajstić information content (AvgIpc) is 3.07. The molecule has 1 aromatic heterocycles. The minimum atomic E-state index is -0.0438. The molecule has 16 heavy (non-hydrogen) atoms. The maximum absolute atomic E-state index is 5.59. The van der Waals surface area contributed by atoms with Gasteiger partial charge in [0.05, 0.1) is 6.61 Å². The number of hydrogen-bond donors (Lipinski definition) is 1. The fourth-order valence-corrected chi connectivity index (χ4v) is 2.09. The summed E-state index contributed by atoms with van der Waals surface area (Å²) in [6.07, 6.45) is 2.54. The van der Waals surface area contributed by atoms with Crippen LogP contribution in [-0.2, 0) is 4.74 Å². The number of morpholine rings is 1. The van der Waals surface area contributed by atoms with Crippen LogP contribution < -0.4 is 5.32 Å². The maximum atomic E-state index is 5.59. The molecule has 2 unspecified atom stereocenters. The second kappa shape index (κ2) is 4.14. The summed E-state index contributed by atoms with van der Waals surface area (Å²) in [4.78, 5) is 4.45. The molecule has 1 aliphatic carbocycles. The van der Waals surface area contributed by atoms with Crippen molar-refractivity contribution in [3.05, 3.63) is 11.7 Å². The van der Waals surface area contributed by atoms with Crippen LogP contribution in [0.5, 0.6) is 0 Å². The first kappa shape index (κ1) is 10.2. The quantitative estimate of drug-likeness (QED) is 0.835. The maximum Gasteiger partial charge on any atom is 0.229 e. The zero-order valence-corrected chi connectivity index (χ0v) is 9.48. The SMILES string of the molecule is CC(c1nc(C2CNCCO2)no1)C1CC1. The Morgan fingerprint density at radius 3 is 3.00 bits per heavy atom. The molecule has 1 N–H and O–H groups in total. The van der Waals surface area contributed by atoms with E-state index in [-0.39, 0.29) is 6.10 Å². The molecule has 1 saturated carbocycles. The van der Waals surface area contributed by atoms with Crippen molar-refractivity contribution < 1.29 is 9.26 Å². The molecule has 2 atom stereocenters. The van der Waals surface area contributed by atoms with E-state index in [0.717, 1.165) is 24.9 Å². The Hall–Kier alpha value is -0.940. The molecule has 0 bridgehead atoms. The molecule has 2 heterocycles. The van der Waals surface area contributed by atoms with Gasteiger partial charge in [0.2, 0.25) is 11.7 Å². The Kier molecular flexibility index (Phi) is 2.65. The number of rotatable bonds is 3. The molecule has 2 fully saturated rings. The smallest absolute Gasteiger partial charge is 0.229 e. The lowest BCUT2D eigenvalue weighted by Gasteiger charge is -2.20. The molecule has 1 aliphatic heterocycles. The van der Waals surface area contributed by atoms with E-state index in [0.29, 0.717) is 18.3 Å². The molecule has 5 nitrogen and oxygen atoms in total. The fourth-order valence-electron chi connectivity index (χ4n) is 2.09. The highest BCUT2D eigenvalue weighted by Crippen LogP contribution is 2.41. The van der Waals surface area contributed by atoms with Crippen molar-refractivity contribution in [2.75, 3.05) is 19.7 Å². The van der Waals surface area contributed by atoms with Crippen LogP contribution in [0.15, 0.2) is 4.52 Å². The Morgan fingerprint density at radius 2 is 2.31 bits per heavy atom. The molecule has 0 radical (unpaired) electrons. The Balaban J connectivity index is 1.70. The number of nitrogens with one attached hydrogen (secondary N) is 1. The van der Waals surface area contributed by atoms with E-state index in [1.165, 1.54) is 12.8 Å². The van der Waals surface area contributed by atoms with Crippen LogP contribution in [0.25, 0.3) is 0 Å². The van der Waals surface area contributed by atoms with Crippen LogP contribution in [0.4, 0.5) is 0 Å². The van der Waals surface area contributed by atoms with Gasteiger partial charge in [0, 0.05) is 19.0 Å². The van der Waals surface area contributed by atoms with Crippen LogP contribution in [0, 0.1) is 5.92 Å². The Bertz CT molecular complexity index is 356. The first-order valence-electron chi connectivity index (χ1n) is 6.00. The lowest BCUT2D eigenvalue weighted by atomic mass is 10.1. The van der Waals surface area contributed by atoms with Crippen LogP contribution in [0.1, 0.15) is 43.5 Å². The molecule has 0 aromatic carbocycles. The highest BCUT2D eigenvalue weighted by atomic mass is 16.5. The topological polar surface area (TPSA) is 60.2 Å². The molecule has 2 aliphatic rings. The largest absolute Gasteiger partial charge is 0.367 e. The molecule has 0 amide bonds. The van der Waals surface area contributed by atoms with Crippen molar-refractivity contribution in [3.63, 3.8) is 0 Å². The minimum absolute atomic E-state index is 0.0438. The summed E-state index contributed by atoms with van der Waals surface area (Å²) in [7, 11) is 0. The predicted octanol–water partition coefficient (Wildman–Crippen LogP) is 1.24. The zero-order chi connectivity index (χ0) is 11.0. The summed E-state index contributed by atoms with van der Waals surface area (Å²) in [5.74, 6) is 2.61. The predicted molar refractivity (Wildman–Crippen MR) is 57.0 cm³/mol. The Morgan fingerprint density at radius 1 is 1.44 bits per heavy atom. The van der Waals surface area contributed by atoms with Crippen molar-refractivity contribution in [1.82, 2.24) is 15.5 Å². The minimum Gasteiger partial charge on any atom is -0.367 e. The molecule has 1 saturated heterocycles. The van der Waals surface area contributed by atoms with Gasteiger partial charge in [-0.1, -0.05) is 12.1 Å². The number of nitrogens with zero attached hydrogens (tertiary/aromatic N) is 2. The van der Waals surface area contributed by atoms with E-state index in [1.54, 1.807) is 0 Å². The normalized spacial score (nSPS) is 27.9. The van der Waals surface area contributed by atoms with Crippen LogP contribution in [-0.4, -0.2) is 29.8 Å². The highest BCUT2D eigenvalue weighted by molar-refractivity contribution is 5.01. The van der Waals surface area contributed by atoms with Gasteiger partial charge in [-0.15, -0.1) is 0 Å². The van der Waals surface area contributed by atoms with Crippen molar-refractivity contribution in [3.8, 4) is 0 Å². The summed E-state index contributed by atoms with van der Waals surface area (Å²) in [5, 5.41) is 7.28. The molecular weight excluding hydrogens is 206 g/mol. The first-order chi connectivity index (χ1) is 7.84. The van der Waals surface area contributed by atoms with Gasteiger partial charge in [-0.05, 0) is 18.8 Å². The highest BCUT2D eigenvalue weighted by Gasteiger charge is 2.33. The van der Waals surface area contributed by atoms with Gasteiger partial charge in [-0.2, -0.15) is 4.98 Å².